The number of carbonyl (C=O) groups is 4. The molecule has 1 saturated carbocycles. The topological polar surface area (TPSA) is 170 Å². The van der Waals surface area contributed by atoms with Crippen LogP contribution < -0.4 is 21.3 Å². The number of nitrogens with one attached hydrogen (secondary N) is 5. The first-order valence-electron chi connectivity index (χ1n) is 23.0. The third kappa shape index (κ3) is 7.73. The van der Waals surface area contributed by atoms with E-state index in [0.29, 0.717) is 13.1 Å². The fourth-order valence-corrected chi connectivity index (χ4v) is 11.4. The minimum Gasteiger partial charge on any atom is -0.453 e. The average Bonchev–Trinajstić information content (AvgIpc) is 4.15. The van der Waals surface area contributed by atoms with Crippen LogP contribution in [0.25, 0.3) is 33.3 Å². The van der Waals surface area contributed by atoms with Crippen LogP contribution in [0.5, 0.6) is 0 Å². The summed E-state index contributed by atoms with van der Waals surface area (Å²) in [6.45, 7) is 8.97. The number of carbonyl (C=O) groups excluding carboxylic acids is 4. The molecule has 14 heteroatoms. The smallest absolute Gasteiger partial charge is 0.407 e. The first-order chi connectivity index (χ1) is 30.4. The van der Waals surface area contributed by atoms with Crippen LogP contribution in [0.3, 0.4) is 0 Å². The molecule has 3 fully saturated rings. The predicted octanol–water partition coefficient (Wildman–Crippen LogP) is 8.23. The molecule has 5 unspecified atom stereocenters. The second-order valence-corrected chi connectivity index (χ2v) is 19.0. The molecule has 3 aliphatic heterocycles. The number of H-pyrrole nitrogens is 1. The molecular formula is C49H62N8O6. The molecule has 0 bridgehead atoms. The molecule has 5 N–H and O–H groups in total. The molecule has 1 spiro atoms. The molecule has 1 aromatic heterocycles. The summed E-state index contributed by atoms with van der Waals surface area (Å²) < 4.78 is 9.67. The van der Waals surface area contributed by atoms with Crippen LogP contribution in [0.1, 0.15) is 108 Å². The van der Waals surface area contributed by atoms with Crippen LogP contribution in [-0.2, 0) is 30.9 Å². The fraction of sp³-hybridized carbons (Fsp3) is 0.531. The van der Waals surface area contributed by atoms with Gasteiger partial charge in [-0.3, -0.25) is 9.59 Å². The molecule has 5 atom stereocenters. The van der Waals surface area contributed by atoms with Crippen molar-refractivity contribution < 1.29 is 28.7 Å². The Morgan fingerprint density at radius 3 is 2.05 bits per heavy atom. The largest absolute Gasteiger partial charge is 0.453 e. The van der Waals surface area contributed by atoms with E-state index in [4.69, 9.17) is 14.5 Å². The van der Waals surface area contributed by atoms with Gasteiger partial charge in [0, 0.05) is 13.1 Å². The van der Waals surface area contributed by atoms with Crippen LogP contribution in [0.15, 0.2) is 48.5 Å². The monoisotopic (exact) mass is 858 g/mol. The Morgan fingerprint density at radius 2 is 1.35 bits per heavy atom. The number of ether oxygens (including phenoxy) is 2. The summed E-state index contributed by atoms with van der Waals surface area (Å²) in [5.74, 6) is 0.370. The summed E-state index contributed by atoms with van der Waals surface area (Å²) in [4.78, 5) is 64.4. The molecule has 0 radical (unpaired) electrons. The maximum Gasteiger partial charge on any atom is 0.407 e. The van der Waals surface area contributed by atoms with Gasteiger partial charge in [-0.2, -0.15) is 0 Å². The molecule has 2 aliphatic carbocycles. The van der Waals surface area contributed by atoms with Gasteiger partial charge in [0.05, 0.1) is 48.7 Å². The second-order valence-electron chi connectivity index (χ2n) is 19.0. The van der Waals surface area contributed by atoms with Crippen molar-refractivity contribution in [3.63, 3.8) is 0 Å². The molecule has 4 aromatic rings. The highest BCUT2D eigenvalue weighted by Crippen LogP contribution is 2.55. The van der Waals surface area contributed by atoms with Crippen molar-refractivity contribution in [2.45, 2.75) is 128 Å². The van der Waals surface area contributed by atoms with Gasteiger partial charge in [-0.15, -0.1) is 0 Å². The van der Waals surface area contributed by atoms with Gasteiger partial charge in [0.25, 0.3) is 0 Å². The number of hydrogen-bond donors (Lipinski definition) is 5. The summed E-state index contributed by atoms with van der Waals surface area (Å²) in [5.41, 5.74) is 11.8. The number of hydrogen-bond acceptors (Lipinski definition) is 9. The summed E-state index contributed by atoms with van der Waals surface area (Å²) in [6, 6.07) is 16.2. The quantitative estimate of drug-likeness (QED) is 0.105. The maximum absolute atomic E-state index is 13.9. The average molecular weight is 859 g/mol. The molecule has 4 amide bonds. The van der Waals surface area contributed by atoms with Crippen molar-refractivity contribution in [2.24, 2.45) is 11.8 Å². The Hall–Kier alpha value is -5.79. The minimum absolute atomic E-state index is 0.0743. The van der Waals surface area contributed by atoms with Crippen molar-refractivity contribution in [3.8, 4) is 22.3 Å². The van der Waals surface area contributed by atoms with Crippen molar-refractivity contribution in [2.75, 3.05) is 37.9 Å². The molecule has 334 valence electrons. The lowest BCUT2D eigenvalue weighted by Crippen LogP contribution is -2.56. The summed E-state index contributed by atoms with van der Waals surface area (Å²) in [5, 5.41) is 13.0. The first-order valence-corrected chi connectivity index (χ1v) is 23.0. The van der Waals surface area contributed by atoms with Crippen LogP contribution in [0.2, 0.25) is 0 Å². The Balaban J connectivity index is 0.987. The van der Waals surface area contributed by atoms with Gasteiger partial charge in [-0.1, -0.05) is 64.8 Å². The summed E-state index contributed by atoms with van der Waals surface area (Å²) in [6.07, 6.45) is 9.09. The van der Waals surface area contributed by atoms with E-state index in [9.17, 15) is 19.2 Å². The highest BCUT2D eigenvalue weighted by atomic mass is 16.5. The van der Waals surface area contributed by atoms with Gasteiger partial charge in [-0.25, -0.2) is 14.6 Å². The van der Waals surface area contributed by atoms with Gasteiger partial charge >= 0.3 is 12.2 Å². The number of rotatable bonds is 10. The van der Waals surface area contributed by atoms with E-state index in [-0.39, 0.29) is 47.3 Å². The van der Waals surface area contributed by atoms with E-state index in [2.05, 4.69) is 74.8 Å². The number of methoxy groups -OCH3 is 2. The zero-order valence-corrected chi connectivity index (χ0v) is 37.4. The van der Waals surface area contributed by atoms with E-state index in [1.807, 2.05) is 37.5 Å². The number of alkyl carbamates (subject to hydrolysis) is 2. The SMILES string of the molecule is COC(=O)NC(C(=O)N1CCCC1c1nc2ccc(-c3ccc(-c4ccc5c(c4)NC(C4CCCN4C(=O)C(NC(=O)OC)C(C)C)N5)c4c3CCC43CCCC3)cc2[nH]1)C(C)C. The molecule has 4 heterocycles. The van der Waals surface area contributed by atoms with Gasteiger partial charge < -0.3 is 45.5 Å². The highest BCUT2D eigenvalue weighted by Gasteiger charge is 2.45. The third-order valence-electron chi connectivity index (χ3n) is 14.6. The van der Waals surface area contributed by atoms with Crippen molar-refractivity contribution in [3.05, 3.63) is 65.5 Å². The van der Waals surface area contributed by atoms with E-state index in [1.165, 1.54) is 67.7 Å². The molecule has 2 saturated heterocycles. The number of aromatic amines is 1. The maximum atomic E-state index is 13.9. The molecule has 14 nitrogen and oxygen atoms in total. The number of imidazole rings is 1. The number of amides is 4. The predicted molar refractivity (Wildman–Crippen MR) is 243 cm³/mol. The first kappa shape index (κ1) is 42.5. The zero-order chi connectivity index (χ0) is 44.2. The lowest BCUT2D eigenvalue weighted by Gasteiger charge is -2.33. The molecule has 9 rings (SSSR count). The van der Waals surface area contributed by atoms with Crippen molar-refractivity contribution >= 4 is 46.4 Å². The van der Waals surface area contributed by atoms with Gasteiger partial charge in [0.2, 0.25) is 11.8 Å². The van der Waals surface area contributed by atoms with E-state index < -0.39 is 24.3 Å². The summed E-state index contributed by atoms with van der Waals surface area (Å²) >= 11 is 0. The van der Waals surface area contributed by atoms with Gasteiger partial charge in [0.15, 0.2) is 0 Å². The lowest BCUT2D eigenvalue weighted by atomic mass is 9.76. The van der Waals surface area contributed by atoms with Crippen LogP contribution in [-0.4, -0.2) is 95.4 Å². The number of likely N-dealkylation sites (tertiary alicyclic amines) is 2. The number of benzene rings is 3. The highest BCUT2D eigenvalue weighted by molar-refractivity contribution is 5.90. The third-order valence-corrected chi connectivity index (χ3v) is 14.6. The Labute approximate surface area is 369 Å². The number of anilines is 2. The van der Waals surface area contributed by atoms with Crippen LogP contribution in [0.4, 0.5) is 21.0 Å². The van der Waals surface area contributed by atoms with Crippen molar-refractivity contribution in [1.82, 2.24) is 30.4 Å². The Bertz CT molecular complexity index is 2420. The Morgan fingerprint density at radius 1 is 0.730 bits per heavy atom. The molecule has 63 heavy (non-hydrogen) atoms. The van der Waals surface area contributed by atoms with Crippen molar-refractivity contribution in [1.29, 1.82) is 0 Å². The second kappa shape index (κ2) is 17.1. The zero-order valence-electron chi connectivity index (χ0n) is 37.4. The van der Waals surface area contributed by atoms with Crippen LogP contribution >= 0.6 is 0 Å². The minimum atomic E-state index is -0.689. The molecular weight excluding hydrogens is 797 g/mol. The van der Waals surface area contributed by atoms with E-state index >= 15 is 0 Å². The lowest BCUT2D eigenvalue weighted by molar-refractivity contribution is -0.136. The number of aromatic nitrogens is 2. The normalized spacial score (nSPS) is 21.9. The standard InChI is InChI=1S/C49H62N8O6/c1-27(2)41(54-47(60)62-5)45(58)56-23-9-11-38(56)43-50-34-17-13-29(25-36(34)52-43)31-15-16-32(40-33(31)19-22-49(40)20-7-8-21-49)30-14-18-35-37(26-30)53-44(51-35)39-12-10-24-57(39)46(59)42(28(3)4)55-48(61)63-6/h13-18,25-28,38-39,41-42,44,51,53H,7-12,19-24H2,1-6H3,(H,50,52)(H,54,60)(H,55,61). The number of fused-ring (bicyclic) bond motifs is 4. The van der Waals surface area contributed by atoms with Gasteiger partial charge in [0.1, 0.15) is 24.1 Å². The Kier molecular flexibility index (Phi) is 11.5. The summed E-state index contributed by atoms with van der Waals surface area (Å²) in [7, 11) is 2.62. The van der Waals surface area contributed by atoms with E-state index in [0.717, 1.165) is 72.3 Å². The van der Waals surface area contributed by atoms with E-state index in [1.54, 1.807) is 0 Å². The molecule has 5 aliphatic rings. The van der Waals surface area contributed by atoms with Gasteiger partial charge in [-0.05, 0) is 126 Å². The fourth-order valence-electron chi connectivity index (χ4n) is 11.4. The number of nitrogens with zero attached hydrogens (tertiary/aromatic N) is 3. The molecule has 3 aromatic carbocycles. The van der Waals surface area contributed by atoms with Crippen LogP contribution in [0, 0.1) is 11.8 Å².